The van der Waals surface area contributed by atoms with Crippen molar-refractivity contribution in [1.82, 2.24) is 0 Å². The van der Waals surface area contributed by atoms with Crippen LogP contribution in [-0.2, 0) is 0 Å². The van der Waals surface area contributed by atoms with Gasteiger partial charge in [-0.15, -0.1) is 0 Å². The van der Waals surface area contributed by atoms with E-state index in [4.69, 9.17) is 24.4 Å². The van der Waals surface area contributed by atoms with Gasteiger partial charge in [0.25, 0.3) is 0 Å². The van der Waals surface area contributed by atoms with Crippen LogP contribution in [0.5, 0.6) is 17.2 Å². The molecule has 38 heavy (non-hydrogen) atoms. The third kappa shape index (κ3) is 4.73. The highest BCUT2D eigenvalue weighted by atomic mass is 79.9. The van der Waals surface area contributed by atoms with Gasteiger partial charge in [0.1, 0.15) is 34.5 Å². The van der Waals surface area contributed by atoms with E-state index in [9.17, 15) is 10.1 Å². The first kappa shape index (κ1) is 25.4. The molecular formula is C30H25BrN2O5. The number of halogens is 1. The number of hydrogen-bond acceptors (Lipinski definition) is 7. The first-order valence-corrected chi connectivity index (χ1v) is 13.0. The monoisotopic (exact) mass is 572 g/mol. The fourth-order valence-corrected chi connectivity index (χ4v) is 4.90. The van der Waals surface area contributed by atoms with Crippen LogP contribution in [0.3, 0.4) is 0 Å². The standard InChI is InChI=1S/C30H25BrN2O5/c1-3-4-13-35-24-8-6-5-7-20(24)27-21-11-10-19(15-26(21)38-29(33)23(27)16-32)36-30(34)28-17(2)22-14-18(31)9-12-25(22)37-28/h5-12,14-15,27H,3-4,13,33H2,1-2H3. The number of carbonyl (C=O) groups excluding carboxylic acids is 1. The third-order valence-corrected chi connectivity index (χ3v) is 6.96. The lowest BCUT2D eigenvalue weighted by atomic mass is 9.83. The minimum Gasteiger partial charge on any atom is -0.493 e. The number of ether oxygens (including phenoxy) is 3. The number of nitriles is 1. The molecule has 1 aliphatic heterocycles. The van der Waals surface area contributed by atoms with Gasteiger partial charge in [0, 0.05) is 32.6 Å². The highest BCUT2D eigenvalue weighted by Crippen LogP contribution is 2.46. The van der Waals surface area contributed by atoms with E-state index in [1.165, 1.54) is 0 Å². The van der Waals surface area contributed by atoms with Crippen molar-refractivity contribution in [1.29, 1.82) is 5.26 Å². The Balaban J connectivity index is 1.48. The molecule has 3 aromatic carbocycles. The summed E-state index contributed by atoms with van der Waals surface area (Å²) in [5, 5.41) is 10.8. The van der Waals surface area contributed by atoms with E-state index in [2.05, 4.69) is 28.9 Å². The van der Waals surface area contributed by atoms with Gasteiger partial charge in [0.2, 0.25) is 11.6 Å². The van der Waals surface area contributed by atoms with Crippen LogP contribution in [0, 0.1) is 18.3 Å². The molecule has 2 N–H and O–H groups in total. The van der Waals surface area contributed by atoms with Crippen LogP contribution in [0.1, 0.15) is 52.9 Å². The highest BCUT2D eigenvalue weighted by Gasteiger charge is 2.33. The van der Waals surface area contributed by atoms with E-state index >= 15 is 0 Å². The predicted molar refractivity (Wildman–Crippen MR) is 146 cm³/mol. The van der Waals surface area contributed by atoms with Gasteiger partial charge < -0.3 is 24.4 Å². The second-order valence-corrected chi connectivity index (χ2v) is 9.87. The maximum absolute atomic E-state index is 13.0. The zero-order valence-corrected chi connectivity index (χ0v) is 22.5. The molecule has 192 valence electrons. The number of nitrogens with zero attached hydrogens (tertiary/aromatic N) is 1. The van der Waals surface area contributed by atoms with Gasteiger partial charge in [-0.25, -0.2) is 4.79 Å². The van der Waals surface area contributed by atoms with Gasteiger partial charge in [-0.3, -0.25) is 0 Å². The van der Waals surface area contributed by atoms with Gasteiger partial charge in [0.15, 0.2) is 0 Å². The van der Waals surface area contributed by atoms with Crippen molar-refractivity contribution >= 4 is 32.9 Å². The Kier molecular flexibility index (Phi) is 7.12. The van der Waals surface area contributed by atoms with Gasteiger partial charge in [-0.2, -0.15) is 5.26 Å². The minimum atomic E-state index is -0.627. The SMILES string of the molecule is CCCCOc1ccccc1C1C(C#N)=C(N)Oc2cc(OC(=O)c3oc4ccc(Br)cc4c3C)ccc21. The van der Waals surface area contributed by atoms with Crippen molar-refractivity contribution < 1.29 is 23.4 Å². The Morgan fingerprint density at radius 1 is 1.13 bits per heavy atom. The molecule has 0 amide bonds. The molecule has 0 saturated carbocycles. The lowest BCUT2D eigenvalue weighted by Crippen LogP contribution is -2.21. The van der Waals surface area contributed by atoms with Crippen LogP contribution >= 0.6 is 15.9 Å². The van der Waals surface area contributed by atoms with E-state index in [0.29, 0.717) is 34.8 Å². The van der Waals surface area contributed by atoms with Crippen molar-refractivity contribution in [3.8, 4) is 23.3 Å². The molecule has 0 radical (unpaired) electrons. The first-order valence-electron chi connectivity index (χ1n) is 12.2. The predicted octanol–water partition coefficient (Wildman–Crippen LogP) is 7.12. The largest absolute Gasteiger partial charge is 0.493 e. The summed E-state index contributed by atoms with van der Waals surface area (Å²) in [6.07, 6.45) is 1.92. The summed E-state index contributed by atoms with van der Waals surface area (Å²) >= 11 is 3.44. The summed E-state index contributed by atoms with van der Waals surface area (Å²) in [5.41, 5.74) is 9.28. The molecule has 0 saturated heterocycles. The lowest BCUT2D eigenvalue weighted by molar-refractivity contribution is 0.0702. The molecule has 1 unspecified atom stereocenters. The molecule has 4 aromatic rings. The van der Waals surface area contributed by atoms with Gasteiger partial charge >= 0.3 is 5.97 Å². The van der Waals surface area contributed by atoms with Crippen molar-refractivity contribution in [2.24, 2.45) is 5.73 Å². The molecule has 0 spiro atoms. The van der Waals surface area contributed by atoms with E-state index in [1.807, 2.05) is 43.3 Å². The molecular weight excluding hydrogens is 548 g/mol. The molecule has 7 nitrogen and oxygen atoms in total. The fourth-order valence-electron chi connectivity index (χ4n) is 4.54. The Morgan fingerprint density at radius 3 is 2.74 bits per heavy atom. The van der Waals surface area contributed by atoms with Crippen molar-refractivity contribution in [3.63, 3.8) is 0 Å². The van der Waals surface area contributed by atoms with Crippen molar-refractivity contribution in [3.05, 3.63) is 99.0 Å². The van der Waals surface area contributed by atoms with Crippen molar-refractivity contribution in [2.45, 2.75) is 32.6 Å². The smallest absolute Gasteiger partial charge is 0.379 e. The molecule has 0 fully saturated rings. The summed E-state index contributed by atoms with van der Waals surface area (Å²) < 4.78 is 24.2. The number of carbonyl (C=O) groups is 1. The van der Waals surface area contributed by atoms with E-state index < -0.39 is 11.9 Å². The van der Waals surface area contributed by atoms with Crippen LogP contribution in [0.25, 0.3) is 11.0 Å². The topological polar surface area (TPSA) is 108 Å². The summed E-state index contributed by atoms with van der Waals surface area (Å²) in [7, 11) is 0. The maximum Gasteiger partial charge on any atom is 0.379 e. The zero-order valence-electron chi connectivity index (χ0n) is 20.9. The normalized spacial score (nSPS) is 14.5. The molecule has 0 aliphatic carbocycles. The van der Waals surface area contributed by atoms with Crippen LogP contribution in [0.15, 0.2) is 81.0 Å². The molecule has 5 rings (SSSR count). The average molecular weight is 573 g/mol. The molecule has 0 bridgehead atoms. The zero-order chi connectivity index (χ0) is 26.8. The van der Waals surface area contributed by atoms with E-state index in [0.717, 1.165) is 28.3 Å². The number of furan rings is 1. The van der Waals surface area contributed by atoms with Crippen LogP contribution < -0.4 is 19.9 Å². The second kappa shape index (κ2) is 10.6. The highest BCUT2D eigenvalue weighted by molar-refractivity contribution is 9.10. The van der Waals surface area contributed by atoms with Gasteiger partial charge in [-0.1, -0.05) is 53.5 Å². The number of fused-ring (bicyclic) bond motifs is 2. The Morgan fingerprint density at radius 2 is 1.95 bits per heavy atom. The number of benzene rings is 3. The van der Waals surface area contributed by atoms with Crippen LogP contribution in [0.4, 0.5) is 0 Å². The molecule has 1 aromatic heterocycles. The molecule has 1 atom stereocenters. The fraction of sp³-hybridized carbons (Fsp3) is 0.200. The number of aryl methyl sites for hydroxylation is 1. The van der Waals surface area contributed by atoms with E-state index in [-0.39, 0.29) is 23.0 Å². The molecule has 8 heteroatoms. The number of para-hydroxylation sites is 1. The summed E-state index contributed by atoms with van der Waals surface area (Å²) in [5.74, 6) is 0.330. The number of unbranched alkanes of at least 4 members (excludes halogenated alkanes) is 1. The van der Waals surface area contributed by atoms with Gasteiger partial charge in [-0.05, 0) is 43.7 Å². The summed E-state index contributed by atoms with van der Waals surface area (Å²) in [6, 6.07) is 20.4. The Bertz CT molecular complexity index is 1610. The third-order valence-electron chi connectivity index (χ3n) is 6.47. The number of esters is 1. The van der Waals surface area contributed by atoms with Crippen LogP contribution in [-0.4, -0.2) is 12.6 Å². The minimum absolute atomic E-state index is 0.00413. The maximum atomic E-state index is 13.0. The molecule has 2 heterocycles. The lowest BCUT2D eigenvalue weighted by Gasteiger charge is -2.28. The molecule has 1 aliphatic rings. The summed E-state index contributed by atoms with van der Waals surface area (Å²) in [4.78, 5) is 13.0. The van der Waals surface area contributed by atoms with Gasteiger partial charge in [0.05, 0.1) is 12.5 Å². The number of allylic oxidation sites excluding steroid dienone is 1. The van der Waals surface area contributed by atoms with E-state index in [1.54, 1.807) is 24.3 Å². The Hall–Kier alpha value is -4.22. The second-order valence-electron chi connectivity index (χ2n) is 8.95. The average Bonchev–Trinajstić information content (AvgIpc) is 3.24. The van der Waals surface area contributed by atoms with Crippen molar-refractivity contribution in [2.75, 3.05) is 6.61 Å². The first-order chi connectivity index (χ1) is 18.4. The Labute approximate surface area is 228 Å². The summed E-state index contributed by atoms with van der Waals surface area (Å²) in [6.45, 7) is 4.47. The quantitative estimate of drug-likeness (QED) is 0.143. The van der Waals surface area contributed by atoms with Crippen LogP contribution in [0.2, 0.25) is 0 Å². The number of hydrogen-bond donors (Lipinski definition) is 1. The number of rotatable bonds is 7. The number of nitrogens with two attached hydrogens (primary N) is 1.